The number of carboxylic acid groups (broad SMARTS) is 1. The number of sulfonamides is 1. The van der Waals surface area contributed by atoms with Crippen LogP contribution in [0.3, 0.4) is 0 Å². The average Bonchev–Trinajstić information content (AvgIpc) is 2.74. The van der Waals surface area contributed by atoms with Crippen molar-refractivity contribution in [3.8, 4) is 0 Å². The number of primary amides is 1. The van der Waals surface area contributed by atoms with Gasteiger partial charge in [-0.15, -0.1) is 11.3 Å². The minimum atomic E-state index is -4.16. The molecule has 0 bridgehead atoms. The number of nitrogens with zero attached hydrogens (tertiary/aromatic N) is 1. The van der Waals surface area contributed by atoms with Crippen LogP contribution in [-0.4, -0.2) is 36.4 Å². The Bertz CT molecular complexity index is 593. The van der Waals surface area contributed by atoms with Gasteiger partial charge in [-0.05, 0) is 5.92 Å². The molecule has 1 atom stereocenters. The molecule has 0 fully saturated rings. The lowest BCUT2D eigenvalue weighted by atomic mass is 10.1. The summed E-state index contributed by atoms with van der Waals surface area (Å²) in [5.74, 6) is -2.66. The molecule has 1 amide bonds. The van der Waals surface area contributed by atoms with Crippen molar-refractivity contribution in [2.24, 2.45) is 11.7 Å². The molecule has 10 heteroatoms. The highest BCUT2D eigenvalue weighted by molar-refractivity contribution is 7.91. The average molecular weight is 307 g/mol. The van der Waals surface area contributed by atoms with Crippen molar-refractivity contribution in [1.82, 2.24) is 9.71 Å². The Morgan fingerprint density at radius 2 is 2.05 bits per heavy atom. The fourth-order valence-electron chi connectivity index (χ4n) is 1.31. The molecule has 1 rings (SSSR count). The van der Waals surface area contributed by atoms with Gasteiger partial charge >= 0.3 is 5.97 Å². The van der Waals surface area contributed by atoms with Gasteiger partial charge in [0.1, 0.15) is 6.04 Å². The number of hydrogen-bond acceptors (Lipinski definition) is 6. The molecule has 8 nitrogen and oxygen atoms in total. The molecule has 0 radical (unpaired) electrons. The van der Waals surface area contributed by atoms with Gasteiger partial charge in [0, 0.05) is 0 Å². The SMILES string of the molecule is CC(C)C(NS(=O)(=O)c1scnc1C(=O)O)C(N)=O. The Labute approximate surface area is 113 Å². The largest absolute Gasteiger partial charge is 0.476 e. The van der Waals surface area contributed by atoms with E-state index in [1.807, 2.05) is 0 Å². The molecule has 1 aromatic heterocycles. The Morgan fingerprint density at radius 3 is 2.47 bits per heavy atom. The van der Waals surface area contributed by atoms with E-state index in [9.17, 15) is 18.0 Å². The predicted molar refractivity (Wildman–Crippen MR) is 67.2 cm³/mol. The number of carboxylic acids is 1. The molecule has 1 heterocycles. The monoisotopic (exact) mass is 307 g/mol. The van der Waals surface area contributed by atoms with E-state index in [1.54, 1.807) is 13.8 Å². The lowest BCUT2D eigenvalue weighted by molar-refractivity contribution is -0.120. The standard InChI is InChI=1S/C9H13N3O5S2/c1-4(2)5(7(10)13)12-19(16,17)9-6(8(14)15)11-3-18-9/h3-5,12H,1-2H3,(H2,10,13)(H,14,15). The first kappa shape index (κ1) is 15.5. The first-order valence-corrected chi connectivity index (χ1v) is 7.51. The molecule has 0 aliphatic rings. The lowest BCUT2D eigenvalue weighted by Crippen LogP contribution is -2.47. The Morgan fingerprint density at radius 1 is 1.47 bits per heavy atom. The summed E-state index contributed by atoms with van der Waals surface area (Å²) in [5, 5.41) is 8.83. The normalized spacial score (nSPS) is 13.4. The van der Waals surface area contributed by atoms with Crippen LogP contribution in [0, 0.1) is 5.92 Å². The number of aromatic carboxylic acids is 1. The maximum Gasteiger partial charge on any atom is 0.356 e. The Balaban J connectivity index is 3.14. The highest BCUT2D eigenvalue weighted by Gasteiger charge is 2.31. The molecular formula is C9H13N3O5S2. The molecule has 19 heavy (non-hydrogen) atoms. The number of rotatable bonds is 6. The van der Waals surface area contributed by atoms with Crippen LogP contribution >= 0.6 is 11.3 Å². The summed E-state index contributed by atoms with van der Waals surface area (Å²) in [6, 6.07) is -1.12. The van der Waals surface area contributed by atoms with Gasteiger partial charge in [0.15, 0.2) is 9.90 Å². The summed E-state index contributed by atoms with van der Waals surface area (Å²) in [6.45, 7) is 3.23. The maximum absolute atomic E-state index is 12.0. The number of thiazole rings is 1. The van der Waals surface area contributed by atoms with Crippen LogP contribution in [0.1, 0.15) is 24.3 Å². The lowest BCUT2D eigenvalue weighted by Gasteiger charge is -2.18. The third-order valence-electron chi connectivity index (χ3n) is 2.24. The first-order valence-electron chi connectivity index (χ1n) is 5.15. The second kappa shape index (κ2) is 5.63. The van der Waals surface area contributed by atoms with E-state index in [1.165, 1.54) is 0 Å². The van der Waals surface area contributed by atoms with E-state index in [2.05, 4.69) is 9.71 Å². The molecule has 0 aliphatic heterocycles. The summed E-state index contributed by atoms with van der Waals surface area (Å²) < 4.78 is 25.7. The van der Waals surface area contributed by atoms with Crippen LogP contribution in [0.15, 0.2) is 9.72 Å². The van der Waals surface area contributed by atoms with Gasteiger partial charge in [0.2, 0.25) is 5.91 Å². The van der Waals surface area contributed by atoms with Crippen molar-refractivity contribution >= 4 is 33.2 Å². The topological polar surface area (TPSA) is 139 Å². The smallest absolute Gasteiger partial charge is 0.356 e. The number of nitrogens with one attached hydrogen (secondary N) is 1. The van der Waals surface area contributed by atoms with E-state index < -0.39 is 37.8 Å². The zero-order chi connectivity index (χ0) is 14.8. The molecule has 0 saturated carbocycles. The second-order valence-corrected chi connectivity index (χ2v) is 6.80. The molecule has 1 aromatic rings. The summed E-state index contributed by atoms with van der Waals surface area (Å²) >= 11 is 0.656. The van der Waals surface area contributed by atoms with Crippen LogP contribution < -0.4 is 10.5 Å². The van der Waals surface area contributed by atoms with Crippen molar-refractivity contribution in [3.63, 3.8) is 0 Å². The molecular weight excluding hydrogens is 294 g/mol. The summed E-state index contributed by atoms with van der Waals surface area (Å²) in [4.78, 5) is 25.5. The van der Waals surface area contributed by atoms with Gasteiger partial charge in [-0.1, -0.05) is 13.8 Å². The maximum atomic E-state index is 12.0. The Kier molecular flexibility index (Phi) is 4.61. The third kappa shape index (κ3) is 3.49. The van der Waals surface area contributed by atoms with Gasteiger partial charge < -0.3 is 10.8 Å². The van der Waals surface area contributed by atoms with Gasteiger partial charge in [-0.25, -0.2) is 18.2 Å². The highest BCUT2D eigenvalue weighted by atomic mass is 32.2. The molecule has 0 spiro atoms. The van der Waals surface area contributed by atoms with E-state index in [-0.39, 0.29) is 5.92 Å². The molecule has 0 aliphatic carbocycles. The van der Waals surface area contributed by atoms with Crippen LogP contribution in [0.4, 0.5) is 0 Å². The minimum Gasteiger partial charge on any atom is -0.476 e. The van der Waals surface area contributed by atoms with Gasteiger partial charge in [0.25, 0.3) is 10.0 Å². The fourth-order valence-corrected chi connectivity index (χ4v) is 3.82. The van der Waals surface area contributed by atoms with E-state index in [0.29, 0.717) is 11.3 Å². The fraction of sp³-hybridized carbons (Fsp3) is 0.444. The molecule has 1 unspecified atom stereocenters. The molecule has 0 aromatic carbocycles. The van der Waals surface area contributed by atoms with E-state index in [4.69, 9.17) is 10.8 Å². The molecule has 0 saturated heterocycles. The van der Waals surface area contributed by atoms with Crippen molar-refractivity contribution in [2.45, 2.75) is 24.1 Å². The van der Waals surface area contributed by atoms with Crippen molar-refractivity contribution in [1.29, 1.82) is 0 Å². The molecule has 106 valence electrons. The van der Waals surface area contributed by atoms with Gasteiger partial charge in [-0.3, -0.25) is 4.79 Å². The molecule has 4 N–H and O–H groups in total. The quantitative estimate of drug-likeness (QED) is 0.655. The number of carbonyl (C=O) groups is 2. The zero-order valence-corrected chi connectivity index (χ0v) is 11.8. The van der Waals surface area contributed by atoms with Crippen LogP contribution in [-0.2, 0) is 14.8 Å². The Hall–Kier alpha value is -1.52. The summed E-state index contributed by atoms with van der Waals surface area (Å²) in [5.41, 5.74) is 5.63. The van der Waals surface area contributed by atoms with Crippen LogP contribution in [0.25, 0.3) is 0 Å². The first-order chi connectivity index (χ1) is 8.66. The van der Waals surface area contributed by atoms with Crippen molar-refractivity contribution in [3.05, 3.63) is 11.2 Å². The van der Waals surface area contributed by atoms with E-state index >= 15 is 0 Å². The highest BCUT2D eigenvalue weighted by Crippen LogP contribution is 2.20. The number of amides is 1. The van der Waals surface area contributed by atoms with Crippen LogP contribution in [0.2, 0.25) is 0 Å². The van der Waals surface area contributed by atoms with Crippen LogP contribution in [0.5, 0.6) is 0 Å². The van der Waals surface area contributed by atoms with E-state index in [0.717, 1.165) is 5.51 Å². The number of nitrogens with two attached hydrogens (primary N) is 1. The van der Waals surface area contributed by atoms with Gasteiger partial charge in [-0.2, -0.15) is 4.72 Å². The second-order valence-electron chi connectivity index (χ2n) is 4.04. The van der Waals surface area contributed by atoms with Gasteiger partial charge in [0.05, 0.1) is 5.51 Å². The number of aromatic nitrogens is 1. The minimum absolute atomic E-state index is 0.367. The number of hydrogen-bond donors (Lipinski definition) is 3. The zero-order valence-electron chi connectivity index (χ0n) is 10.2. The predicted octanol–water partition coefficient (Wildman–Crippen LogP) is -0.370. The summed E-state index contributed by atoms with van der Waals surface area (Å²) in [7, 11) is -4.16. The summed E-state index contributed by atoms with van der Waals surface area (Å²) in [6.07, 6.45) is 0. The third-order valence-corrected chi connectivity index (χ3v) is 5.05. The van der Waals surface area contributed by atoms with Crippen molar-refractivity contribution in [2.75, 3.05) is 0 Å². The van der Waals surface area contributed by atoms with Crippen molar-refractivity contribution < 1.29 is 23.1 Å². The number of carbonyl (C=O) groups excluding carboxylic acids is 1.